The van der Waals surface area contributed by atoms with E-state index < -0.39 is 16.7 Å². The highest BCUT2D eigenvalue weighted by Gasteiger charge is 2.43. The second kappa shape index (κ2) is 6.19. The third-order valence-corrected chi connectivity index (χ3v) is 4.02. The van der Waals surface area contributed by atoms with Gasteiger partial charge in [0.2, 0.25) is 0 Å². The smallest absolute Gasteiger partial charge is 0.162 e. The van der Waals surface area contributed by atoms with Crippen molar-refractivity contribution in [1.29, 1.82) is 0 Å². The van der Waals surface area contributed by atoms with Crippen molar-refractivity contribution in [3.8, 4) is 0 Å². The summed E-state index contributed by atoms with van der Waals surface area (Å²) < 4.78 is 11.3. The number of Topliss-reactive ketones (excluding diaryl/α,β-unsaturated/α-hetero) is 1. The van der Waals surface area contributed by atoms with E-state index >= 15 is 0 Å². The summed E-state index contributed by atoms with van der Waals surface area (Å²) in [5, 5.41) is 3.82. The molecule has 126 valence electrons. The Morgan fingerprint density at radius 2 is 1.68 bits per heavy atom. The average molecular weight is 311 g/mol. The number of nitrogens with zero attached hydrogens (tertiary/aromatic N) is 3. The van der Waals surface area contributed by atoms with Crippen molar-refractivity contribution in [2.75, 3.05) is 13.2 Å². The van der Waals surface area contributed by atoms with Crippen LogP contribution in [0.4, 0.5) is 0 Å². The summed E-state index contributed by atoms with van der Waals surface area (Å²) in [5.74, 6) is -0.497. The fraction of sp³-hybridized carbons (Fsp3) is 0.938. The topological polar surface area (TPSA) is 84.3 Å². The zero-order valence-electron chi connectivity index (χ0n) is 14.9. The minimum atomic E-state index is -0.626. The first kappa shape index (κ1) is 18.9. The van der Waals surface area contributed by atoms with Crippen molar-refractivity contribution in [3.63, 3.8) is 0 Å². The SMILES string of the molecule is CC(C)(CC(=O)C1(C)COC(C)(C)OC1)CC(C)(C)N=[N+]=[N-]. The summed E-state index contributed by atoms with van der Waals surface area (Å²) in [6, 6.07) is 0. The first-order valence-corrected chi connectivity index (χ1v) is 7.68. The van der Waals surface area contributed by atoms with Crippen LogP contribution in [0.2, 0.25) is 0 Å². The Morgan fingerprint density at radius 3 is 2.14 bits per heavy atom. The third-order valence-electron chi connectivity index (χ3n) is 4.02. The molecule has 0 aromatic carbocycles. The number of carbonyl (C=O) groups is 1. The lowest BCUT2D eigenvalue weighted by Crippen LogP contribution is -2.49. The Balaban J connectivity index is 2.73. The lowest BCUT2D eigenvalue weighted by Gasteiger charge is -2.42. The number of azide groups is 1. The number of carbonyl (C=O) groups excluding carboxylic acids is 1. The number of hydrogen-bond donors (Lipinski definition) is 0. The molecule has 6 nitrogen and oxygen atoms in total. The monoisotopic (exact) mass is 311 g/mol. The molecule has 0 aromatic rings. The Labute approximate surface area is 133 Å². The van der Waals surface area contributed by atoms with Crippen LogP contribution in [0.25, 0.3) is 10.4 Å². The van der Waals surface area contributed by atoms with Gasteiger partial charge in [-0.25, -0.2) is 0 Å². The molecule has 0 saturated carbocycles. The molecule has 0 aromatic heterocycles. The quantitative estimate of drug-likeness (QED) is 0.418. The highest BCUT2D eigenvalue weighted by atomic mass is 16.7. The van der Waals surface area contributed by atoms with Gasteiger partial charge in [-0.2, -0.15) is 0 Å². The van der Waals surface area contributed by atoms with Crippen LogP contribution in [0, 0.1) is 10.8 Å². The Kier molecular flexibility index (Phi) is 5.33. The largest absolute Gasteiger partial charge is 0.349 e. The lowest BCUT2D eigenvalue weighted by atomic mass is 9.72. The first-order valence-electron chi connectivity index (χ1n) is 7.68. The van der Waals surface area contributed by atoms with Gasteiger partial charge in [0.05, 0.1) is 18.6 Å². The van der Waals surface area contributed by atoms with Crippen molar-refractivity contribution >= 4 is 5.78 Å². The van der Waals surface area contributed by atoms with Gasteiger partial charge < -0.3 is 9.47 Å². The van der Waals surface area contributed by atoms with E-state index in [2.05, 4.69) is 10.0 Å². The molecule has 0 spiro atoms. The van der Waals surface area contributed by atoms with Crippen molar-refractivity contribution in [3.05, 3.63) is 10.4 Å². The van der Waals surface area contributed by atoms with Crippen molar-refractivity contribution in [1.82, 2.24) is 0 Å². The third kappa shape index (κ3) is 5.27. The van der Waals surface area contributed by atoms with Crippen LogP contribution in [0.3, 0.4) is 0 Å². The van der Waals surface area contributed by atoms with E-state index in [4.69, 9.17) is 15.0 Å². The molecule has 0 atom stereocenters. The molecule has 0 radical (unpaired) electrons. The molecule has 6 heteroatoms. The van der Waals surface area contributed by atoms with Gasteiger partial charge in [0.15, 0.2) is 5.79 Å². The maximum Gasteiger partial charge on any atom is 0.162 e. The molecule has 0 unspecified atom stereocenters. The molecule has 1 aliphatic heterocycles. The zero-order chi connectivity index (χ0) is 17.2. The molecular formula is C16H29N3O3. The van der Waals surface area contributed by atoms with E-state index in [0.717, 1.165) is 0 Å². The van der Waals surface area contributed by atoms with Crippen LogP contribution >= 0.6 is 0 Å². The maximum atomic E-state index is 12.7. The van der Waals surface area contributed by atoms with E-state index in [-0.39, 0.29) is 11.2 Å². The zero-order valence-corrected chi connectivity index (χ0v) is 14.9. The van der Waals surface area contributed by atoms with Crippen LogP contribution in [-0.2, 0) is 14.3 Å². The summed E-state index contributed by atoms with van der Waals surface area (Å²) >= 11 is 0. The Hall–Kier alpha value is -1.10. The van der Waals surface area contributed by atoms with Crippen LogP contribution < -0.4 is 0 Å². The molecular weight excluding hydrogens is 282 g/mol. The minimum Gasteiger partial charge on any atom is -0.349 e. The molecule has 0 N–H and O–H groups in total. The average Bonchev–Trinajstić information content (AvgIpc) is 2.31. The van der Waals surface area contributed by atoms with E-state index in [0.29, 0.717) is 26.1 Å². The molecule has 1 aliphatic rings. The molecule has 1 rings (SSSR count). The fourth-order valence-electron chi connectivity index (χ4n) is 2.95. The molecule has 1 heterocycles. The van der Waals surface area contributed by atoms with Crippen molar-refractivity contribution in [2.24, 2.45) is 15.9 Å². The fourth-order valence-corrected chi connectivity index (χ4v) is 2.95. The van der Waals surface area contributed by atoms with E-state index in [9.17, 15) is 4.79 Å². The summed E-state index contributed by atoms with van der Waals surface area (Å²) in [7, 11) is 0. The van der Waals surface area contributed by atoms with Gasteiger partial charge in [-0.1, -0.05) is 32.8 Å². The summed E-state index contributed by atoms with van der Waals surface area (Å²) in [6.45, 7) is 14.1. The Bertz CT molecular complexity index is 467. The Morgan fingerprint density at radius 1 is 1.18 bits per heavy atom. The lowest BCUT2D eigenvalue weighted by molar-refractivity contribution is -0.277. The summed E-state index contributed by atoms with van der Waals surface area (Å²) in [5.41, 5.74) is 7.25. The maximum absolute atomic E-state index is 12.7. The molecule has 22 heavy (non-hydrogen) atoms. The molecule has 1 saturated heterocycles. The van der Waals surface area contributed by atoms with Gasteiger partial charge in [0.25, 0.3) is 0 Å². The number of ketones is 1. The van der Waals surface area contributed by atoms with Crippen LogP contribution in [0.1, 0.15) is 61.3 Å². The van der Waals surface area contributed by atoms with Crippen LogP contribution in [0.5, 0.6) is 0 Å². The van der Waals surface area contributed by atoms with Gasteiger partial charge in [0, 0.05) is 16.9 Å². The van der Waals surface area contributed by atoms with Gasteiger partial charge in [-0.3, -0.25) is 4.79 Å². The number of ether oxygens (including phenoxy) is 2. The molecule has 0 bridgehead atoms. The van der Waals surface area contributed by atoms with Gasteiger partial charge in [0.1, 0.15) is 5.78 Å². The molecule has 0 amide bonds. The predicted molar refractivity (Wildman–Crippen MR) is 85.3 cm³/mol. The minimum absolute atomic E-state index is 0.129. The molecule has 1 fully saturated rings. The predicted octanol–water partition coefficient (Wildman–Crippen LogP) is 4.24. The van der Waals surface area contributed by atoms with Crippen LogP contribution in [-0.4, -0.2) is 30.3 Å². The highest BCUT2D eigenvalue weighted by Crippen LogP contribution is 2.38. The van der Waals surface area contributed by atoms with Crippen molar-refractivity contribution < 1.29 is 14.3 Å². The van der Waals surface area contributed by atoms with E-state index in [1.54, 1.807) is 0 Å². The standard InChI is InChI=1S/C16H29N3O3/c1-13(2,9-14(3,4)18-19-17)8-12(20)16(7)10-21-15(5,6)22-11-16/h8-11H2,1-7H3. The van der Waals surface area contributed by atoms with Gasteiger partial charge in [-0.05, 0) is 38.1 Å². The number of rotatable bonds is 6. The number of hydrogen-bond acceptors (Lipinski definition) is 4. The summed E-state index contributed by atoms with van der Waals surface area (Å²) in [6.07, 6.45) is 1.04. The second-order valence-electron chi connectivity index (χ2n) is 8.48. The first-order chi connectivity index (χ1) is 9.81. The van der Waals surface area contributed by atoms with Crippen LogP contribution in [0.15, 0.2) is 5.11 Å². The summed E-state index contributed by atoms with van der Waals surface area (Å²) in [4.78, 5) is 15.6. The van der Waals surface area contributed by atoms with E-state index in [1.165, 1.54) is 0 Å². The van der Waals surface area contributed by atoms with Gasteiger partial charge in [-0.15, -0.1) is 0 Å². The highest BCUT2D eigenvalue weighted by molar-refractivity contribution is 5.85. The van der Waals surface area contributed by atoms with Gasteiger partial charge >= 0.3 is 0 Å². The normalized spacial score (nSPS) is 21.0. The van der Waals surface area contributed by atoms with Crippen molar-refractivity contribution in [2.45, 2.75) is 72.6 Å². The van der Waals surface area contributed by atoms with E-state index in [1.807, 2.05) is 48.5 Å². The molecule has 0 aliphatic carbocycles. The second-order valence-corrected chi connectivity index (χ2v) is 8.48.